The number of thioether (sulfide) groups is 1. The lowest BCUT2D eigenvalue weighted by molar-refractivity contribution is -0.881. The number of fused-ring (bicyclic) bond motifs is 1. The summed E-state index contributed by atoms with van der Waals surface area (Å²) in [6, 6.07) is 7.93. The largest absolute Gasteiger partial charge is 0.450 e. The van der Waals surface area contributed by atoms with Crippen molar-refractivity contribution in [2.45, 2.75) is 37.3 Å². The number of anilines is 1. The van der Waals surface area contributed by atoms with Crippen LogP contribution in [0.2, 0.25) is 0 Å². The topological polar surface area (TPSA) is 80.1 Å². The molecule has 2 N–H and O–H groups in total. The lowest BCUT2D eigenvalue weighted by Gasteiger charge is -2.25. The number of ether oxygens (including phenoxy) is 1. The number of amides is 3. The average Bonchev–Trinajstić information content (AvgIpc) is 2.79. The summed E-state index contributed by atoms with van der Waals surface area (Å²) >= 11 is 1.78. The van der Waals surface area contributed by atoms with E-state index >= 15 is 0 Å². The van der Waals surface area contributed by atoms with Gasteiger partial charge in [-0.1, -0.05) is 19.1 Å². The first-order valence-electron chi connectivity index (χ1n) is 9.30. The molecule has 0 saturated heterocycles. The van der Waals surface area contributed by atoms with E-state index in [0.717, 1.165) is 21.9 Å². The number of para-hydroxylation sites is 1. The normalized spacial score (nSPS) is 17.4. The summed E-state index contributed by atoms with van der Waals surface area (Å²) < 4.78 is 4.71. The van der Waals surface area contributed by atoms with Gasteiger partial charge >= 0.3 is 6.09 Å². The van der Waals surface area contributed by atoms with Gasteiger partial charge in [0.2, 0.25) is 0 Å². The second-order valence-electron chi connectivity index (χ2n) is 6.46. The molecular weight excluding hydrogens is 366 g/mol. The van der Waals surface area contributed by atoms with Crippen molar-refractivity contribution in [3.63, 3.8) is 0 Å². The summed E-state index contributed by atoms with van der Waals surface area (Å²) in [6.07, 6.45) is 0.160. The maximum Gasteiger partial charge on any atom is 0.414 e. The van der Waals surface area contributed by atoms with Crippen molar-refractivity contribution in [1.82, 2.24) is 5.32 Å². The van der Waals surface area contributed by atoms with E-state index < -0.39 is 12.0 Å². The van der Waals surface area contributed by atoms with E-state index in [4.69, 9.17) is 4.74 Å². The third-order valence-corrected chi connectivity index (χ3v) is 5.61. The highest BCUT2D eigenvalue weighted by atomic mass is 32.2. The highest BCUT2D eigenvalue weighted by molar-refractivity contribution is 8.00. The lowest BCUT2D eigenvalue weighted by atomic mass is 10.2. The van der Waals surface area contributed by atoms with Crippen molar-refractivity contribution in [3.05, 3.63) is 24.3 Å². The molecule has 0 bridgehead atoms. The van der Waals surface area contributed by atoms with Crippen molar-refractivity contribution in [2.75, 3.05) is 37.7 Å². The highest BCUT2D eigenvalue weighted by Crippen LogP contribution is 2.37. The molecule has 1 aromatic carbocycles. The van der Waals surface area contributed by atoms with E-state index in [-0.39, 0.29) is 25.6 Å². The minimum Gasteiger partial charge on any atom is -0.450 e. The summed E-state index contributed by atoms with van der Waals surface area (Å²) in [4.78, 5) is 40.0. The third kappa shape index (κ3) is 6.25. The quantitative estimate of drug-likeness (QED) is 0.755. The van der Waals surface area contributed by atoms with Gasteiger partial charge in [0.1, 0.15) is 0 Å². The number of hydrogen-bond acceptors (Lipinski definition) is 5. The number of quaternary nitrogens is 1. The zero-order chi connectivity index (χ0) is 19.8. The Morgan fingerprint density at radius 3 is 2.70 bits per heavy atom. The Morgan fingerprint density at radius 1 is 1.26 bits per heavy atom. The van der Waals surface area contributed by atoms with Gasteiger partial charge in [-0.15, -0.1) is 11.8 Å². The fourth-order valence-electron chi connectivity index (χ4n) is 2.92. The number of alkyl carbamates (subject to hydrolysis) is 1. The van der Waals surface area contributed by atoms with E-state index in [2.05, 4.69) is 12.2 Å². The van der Waals surface area contributed by atoms with E-state index in [9.17, 15) is 14.4 Å². The number of carbonyl (C=O) groups excluding carboxylic acids is 3. The minimum absolute atomic E-state index is 0.0158. The molecule has 0 radical (unpaired) electrons. The van der Waals surface area contributed by atoms with Crippen LogP contribution >= 0.6 is 11.8 Å². The monoisotopic (exact) mass is 394 g/mol. The summed E-state index contributed by atoms with van der Waals surface area (Å²) in [7, 11) is 0. The van der Waals surface area contributed by atoms with Crippen LogP contribution in [0, 0.1) is 0 Å². The highest BCUT2D eigenvalue weighted by Gasteiger charge is 2.27. The molecule has 1 heterocycles. The van der Waals surface area contributed by atoms with Gasteiger partial charge < -0.3 is 14.5 Å². The van der Waals surface area contributed by atoms with Gasteiger partial charge in [-0.05, 0) is 32.4 Å². The molecule has 0 saturated carbocycles. The van der Waals surface area contributed by atoms with Crippen LogP contribution < -0.4 is 15.1 Å². The molecule has 0 aromatic heterocycles. The van der Waals surface area contributed by atoms with Crippen LogP contribution in [0.5, 0.6) is 0 Å². The Kier molecular flexibility index (Phi) is 8.12. The SMILES string of the molecule is CCOC(=O)NC(=O)C[NH+](CC)CC(=O)N1CC[C@H](C)Sc2ccccc21. The van der Waals surface area contributed by atoms with E-state index in [1.54, 1.807) is 18.7 Å². The number of likely N-dealkylation sites (N-methyl/N-ethyl adjacent to an activating group) is 1. The Morgan fingerprint density at radius 2 is 2.00 bits per heavy atom. The second-order valence-corrected chi connectivity index (χ2v) is 7.94. The molecule has 148 valence electrons. The maximum atomic E-state index is 13.0. The summed E-state index contributed by atoms with van der Waals surface area (Å²) in [6.45, 7) is 7.45. The van der Waals surface area contributed by atoms with Crippen molar-refractivity contribution in [1.29, 1.82) is 0 Å². The standard InChI is InChI=1S/C19H27N3O4S/c1-4-21(12-17(23)20-19(25)26-5-2)13-18(24)22-11-10-14(3)27-16-9-7-6-8-15(16)22/h6-9,14H,4-5,10-13H2,1-3H3,(H,20,23,25)/p+1/t14-/m0/s1. The molecule has 1 unspecified atom stereocenters. The smallest absolute Gasteiger partial charge is 0.414 e. The Labute approximate surface area is 164 Å². The lowest BCUT2D eigenvalue weighted by Crippen LogP contribution is -3.14. The number of nitrogens with zero attached hydrogens (tertiary/aromatic N) is 1. The summed E-state index contributed by atoms with van der Waals surface area (Å²) in [5.41, 5.74) is 0.934. The van der Waals surface area contributed by atoms with Gasteiger partial charge in [0, 0.05) is 16.7 Å². The summed E-state index contributed by atoms with van der Waals surface area (Å²) in [5.74, 6) is -0.462. The first-order chi connectivity index (χ1) is 12.9. The van der Waals surface area contributed by atoms with Crippen LogP contribution in [0.15, 0.2) is 29.2 Å². The van der Waals surface area contributed by atoms with Crippen LogP contribution in [-0.2, 0) is 14.3 Å². The molecule has 3 amide bonds. The van der Waals surface area contributed by atoms with E-state index in [1.807, 2.05) is 36.1 Å². The molecule has 0 spiro atoms. The predicted molar refractivity (Wildman–Crippen MR) is 105 cm³/mol. The number of nitrogens with one attached hydrogen (secondary N) is 2. The van der Waals surface area contributed by atoms with Gasteiger partial charge in [-0.3, -0.25) is 14.9 Å². The zero-order valence-electron chi connectivity index (χ0n) is 16.1. The molecule has 7 nitrogen and oxygen atoms in total. The Bertz CT molecular complexity index is 683. The molecule has 2 atom stereocenters. The number of imide groups is 1. The predicted octanol–water partition coefficient (Wildman–Crippen LogP) is 1.08. The molecule has 1 aliphatic heterocycles. The van der Waals surface area contributed by atoms with Crippen LogP contribution in [0.3, 0.4) is 0 Å². The van der Waals surface area contributed by atoms with Crippen LogP contribution in [0.4, 0.5) is 10.5 Å². The third-order valence-electron chi connectivity index (χ3n) is 4.37. The average molecular weight is 395 g/mol. The van der Waals surface area contributed by atoms with Crippen LogP contribution in [0.1, 0.15) is 27.2 Å². The molecule has 1 aromatic rings. The molecule has 0 aliphatic carbocycles. The fraction of sp³-hybridized carbons (Fsp3) is 0.526. The van der Waals surface area contributed by atoms with Gasteiger partial charge in [-0.25, -0.2) is 4.79 Å². The minimum atomic E-state index is -0.753. The van der Waals surface area contributed by atoms with Crippen LogP contribution in [-0.4, -0.2) is 55.9 Å². The van der Waals surface area contributed by atoms with Crippen molar-refractivity contribution < 1.29 is 24.0 Å². The van der Waals surface area contributed by atoms with Crippen molar-refractivity contribution >= 4 is 35.4 Å². The number of hydrogen-bond donors (Lipinski definition) is 2. The Hall–Kier alpha value is -2.06. The molecule has 27 heavy (non-hydrogen) atoms. The zero-order valence-corrected chi connectivity index (χ0v) is 16.9. The number of benzene rings is 1. The molecule has 8 heteroatoms. The first kappa shape index (κ1) is 21.2. The van der Waals surface area contributed by atoms with E-state index in [1.165, 1.54) is 0 Å². The maximum absolute atomic E-state index is 13.0. The van der Waals surface area contributed by atoms with Crippen molar-refractivity contribution in [3.8, 4) is 0 Å². The molecule has 0 fully saturated rings. The molecular formula is C19H28N3O4S+. The summed E-state index contributed by atoms with van der Waals surface area (Å²) in [5, 5.41) is 2.62. The first-order valence-corrected chi connectivity index (χ1v) is 10.2. The number of carbonyl (C=O) groups is 3. The van der Waals surface area contributed by atoms with Crippen LogP contribution in [0.25, 0.3) is 0 Å². The fourth-order valence-corrected chi connectivity index (χ4v) is 4.03. The van der Waals surface area contributed by atoms with Gasteiger partial charge in [-0.2, -0.15) is 0 Å². The van der Waals surface area contributed by atoms with Crippen molar-refractivity contribution in [2.24, 2.45) is 0 Å². The second kappa shape index (κ2) is 10.3. The Balaban J connectivity index is 2.02. The van der Waals surface area contributed by atoms with E-state index in [0.29, 0.717) is 18.3 Å². The number of rotatable bonds is 6. The molecule has 2 rings (SSSR count). The van der Waals surface area contributed by atoms with Gasteiger partial charge in [0.05, 0.1) is 18.8 Å². The molecule has 1 aliphatic rings. The van der Waals surface area contributed by atoms with Gasteiger partial charge in [0.15, 0.2) is 13.1 Å². The van der Waals surface area contributed by atoms with Gasteiger partial charge in [0.25, 0.3) is 11.8 Å².